The van der Waals surface area contributed by atoms with Crippen LogP contribution in [-0.4, -0.2) is 0 Å². The van der Waals surface area contributed by atoms with Crippen molar-refractivity contribution < 1.29 is 4.39 Å². The molecule has 0 aliphatic heterocycles. The van der Waals surface area contributed by atoms with Crippen molar-refractivity contribution in [1.82, 2.24) is 0 Å². The van der Waals surface area contributed by atoms with Crippen molar-refractivity contribution in [3.8, 4) is 22.3 Å². The summed E-state index contributed by atoms with van der Waals surface area (Å²) in [6.07, 6.45) is 0. The summed E-state index contributed by atoms with van der Waals surface area (Å²) in [6.45, 7) is 0. The molecule has 37 heavy (non-hydrogen) atoms. The maximum absolute atomic E-state index is 14.1. The molecule has 6 aromatic carbocycles. The van der Waals surface area contributed by atoms with Gasteiger partial charge in [-0.25, -0.2) is 4.39 Å². The molecular formula is C34H22FNS. The third-order valence-corrected chi connectivity index (χ3v) is 8.01. The highest BCUT2D eigenvalue weighted by molar-refractivity contribution is 7.25. The number of thiophene rings is 1. The van der Waals surface area contributed by atoms with Gasteiger partial charge >= 0.3 is 0 Å². The maximum Gasteiger partial charge on any atom is 0.123 e. The molecule has 0 spiro atoms. The van der Waals surface area contributed by atoms with Gasteiger partial charge in [0.2, 0.25) is 0 Å². The summed E-state index contributed by atoms with van der Waals surface area (Å²) in [4.78, 5) is 0. The summed E-state index contributed by atoms with van der Waals surface area (Å²) in [5.74, 6) is -0.228. The summed E-state index contributed by atoms with van der Waals surface area (Å²) in [6, 6.07) is 43.0. The number of benzene rings is 6. The van der Waals surface area contributed by atoms with Crippen molar-refractivity contribution in [2.45, 2.75) is 0 Å². The second-order valence-corrected chi connectivity index (χ2v) is 10.3. The molecule has 0 bridgehead atoms. The molecule has 0 saturated heterocycles. The van der Waals surface area contributed by atoms with Crippen LogP contribution in [0.2, 0.25) is 0 Å². The average molecular weight is 496 g/mol. The molecule has 0 aliphatic carbocycles. The van der Waals surface area contributed by atoms with E-state index >= 15 is 0 Å². The third-order valence-electron chi connectivity index (χ3n) is 6.88. The molecule has 7 rings (SSSR count). The van der Waals surface area contributed by atoms with Crippen LogP contribution in [0.25, 0.3) is 53.2 Å². The normalized spacial score (nSPS) is 11.4. The number of hydrogen-bond donors (Lipinski definition) is 1. The Labute approximate surface area is 218 Å². The van der Waals surface area contributed by atoms with Gasteiger partial charge in [0.25, 0.3) is 0 Å². The molecular weight excluding hydrogens is 473 g/mol. The Hall–Kier alpha value is -4.47. The van der Waals surface area contributed by atoms with Gasteiger partial charge in [0, 0.05) is 31.5 Å². The zero-order valence-electron chi connectivity index (χ0n) is 19.9. The van der Waals surface area contributed by atoms with E-state index in [0.717, 1.165) is 44.4 Å². The minimum Gasteiger partial charge on any atom is -0.355 e. The first-order valence-corrected chi connectivity index (χ1v) is 13.1. The molecule has 0 saturated carbocycles. The fourth-order valence-corrected chi connectivity index (χ4v) is 6.36. The second kappa shape index (κ2) is 8.88. The summed E-state index contributed by atoms with van der Waals surface area (Å²) in [5, 5.41) is 8.46. The van der Waals surface area contributed by atoms with Crippen LogP contribution in [0.5, 0.6) is 0 Å². The Bertz CT molecular complexity index is 1930. The molecule has 1 heterocycles. The van der Waals surface area contributed by atoms with Crippen molar-refractivity contribution in [2.75, 3.05) is 5.32 Å². The van der Waals surface area contributed by atoms with Crippen molar-refractivity contribution >= 4 is 53.7 Å². The van der Waals surface area contributed by atoms with Crippen LogP contribution in [0.15, 0.2) is 127 Å². The lowest BCUT2D eigenvalue weighted by Gasteiger charge is -2.14. The first kappa shape index (κ1) is 21.8. The minimum atomic E-state index is -0.228. The Balaban J connectivity index is 1.30. The van der Waals surface area contributed by atoms with E-state index < -0.39 is 0 Å². The molecule has 0 unspecified atom stereocenters. The molecule has 3 heteroatoms. The first-order chi connectivity index (χ1) is 18.2. The van der Waals surface area contributed by atoms with Crippen LogP contribution in [0.1, 0.15) is 0 Å². The van der Waals surface area contributed by atoms with Crippen molar-refractivity contribution in [3.05, 3.63) is 133 Å². The van der Waals surface area contributed by atoms with Gasteiger partial charge in [-0.3, -0.25) is 0 Å². The highest BCUT2D eigenvalue weighted by Gasteiger charge is 2.12. The van der Waals surface area contributed by atoms with E-state index in [1.807, 2.05) is 23.5 Å². The van der Waals surface area contributed by atoms with Gasteiger partial charge in [-0.2, -0.15) is 0 Å². The molecule has 1 N–H and O–H groups in total. The summed E-state index contributed by atoms with van der Waals surface area (Å²) >= 11 is 1.82. The van der Waals surface area contributed by atoms with Crippen LogP contribution in [0.4, 0.5) is 15.8 Å². The smallest absolute Gasteiger partial charge is 0.123 e. The lowest BCUT2D eigenvalue weighted by Crippen LogP contribution is -1.91. The molecule has 7 aromatic rings. The molecule has 0 fully saturated rings. The molecule has 0 amide bonds. The van der Waals surface area contributed by atoms with Gasteiger partial charge in [0.1, 0.15) is 5.82 Å². The van der Waals surface area contributed by atoms with Crippen LogP contribution >= 0.6 is 11.3 Å². The van der Waals surface area contributed by atoms with Gasteiger partial charge in [-0.1, -0.05) is 84.9 Å². The van der Waals surface area contributed by atoms with E-state index in [1.165, 1.54) is 26.2 Å². The van der Waals surface area contributed by atoms with E-state index in [1.54, 1.807) is 12.1 Å². The fourth-order valence-electron chi connectivity index (χ4n) is 5.21. The van der Waals surface area contributed by atoms with E-state index in [-0.39, 0.29) is 5.82 Å². The van der Waals surface area contributed by atoms with Gasteiger partial charge in [0.15, 0.2) is 0 Å². The number of halogens is 1. The van der Waals surface area contributed by atoms with Crippen LogP contribution in [0.3, 0.4) is 0 Å². The van der Waals surface area contributed by atoms with Gasteiger partial charge in [-0.15, -0.1) is 11.3 Å². The number of fused-ring (bicyclic) bond motifs is 4. The average Bonchev–Trinajstić information content (AvgIpc) is 3.30. The predicted octanol–water partition coefficient (Wildman–Crippen LogP) is 10.4. The Morgan fingerprint density at radius 3 is 2.00 bits per heavy atom. The fraction of sp³-hybridized carbons (Fsp3) is 0. The number of nitrogens with one attached hydrogen (secondary N) is 1. The van der Waals surface area contributed by atoms with Gasteiger partial charge in [-0.05, 0) is 75.5 Å². The molecule has 0 radical (unpaired) electrons. The Kier molecular flexibility index (Phi) is 5.23. The quantitative estimate of drug-likeness (QED) is 0.256. The number of rotatable bonds is 4. The standard InChI is InChI=1S/C34H22FNS/c35-25-11-3-9-23(19-25)28-14-5-7-22-8-6-15-29(34(22)28)24-10-4-12-26(20-24)36-27-17-18-31-30-13-1-2-16-32(30)37-33(31)21-27/h1-21,36H. The number of hydrogen-bond acceptors (Lipinski definition) is 2. The summed E-state index contributed by atoms with van der Waals surface area (Å²) < 4.78 is 16.7. The lowest BCUT2D eigenvalue weighted by molar-refractivity contribution is 0.628. The largest absolute Gasteiger partial charge is 0.355 e. The molecule has 0 aliphatic rings. The van der Waals surface area contributed by atoms with E-state index in [4.69, 9.17) is 0 Å². The molecule has 1 aromatic heterocycles. The highest BCUT2D eigenvalue weighted by atomic mass is 32.1. The Morgan fingerprint density at radius 1 is 0.514 bits per heavy atom. The van der Waals surface area contributed by atoms with Crippen molar-refractivity contribution in [3.63, 3.8) is 0 Å². The van der Waals surface area contributed by atoms with Crippen molar-refractivity contribution in [1.29, 1.82) is 0 Å². The molecule has 0 atom stereocenters. The lowest BCUT2D eigenvalue weighted by atomic mass is 9.91. The van der Waals surface area contributed by atoms with Crippen LogP contribution in [-0.2, 0) is 0 Å². The summed E-state index contributed by atoms with van der Waals surface area (Å²) in [5.41, 5.74) is 6.24. The minimum absolute atomic E-state index is 0.228. The van der Waals surface area contributed by atoms with E-state index in [2.05, 4.69) is 102 Å². The predicted molar refractivity (Wildman–Crippen MR) is 157 cm³/mol. The number of anilines is 2. The van der Waals surface area contributed by atoms with E-state index in [0.29, 0.717) is 0 Å². The SMILES string of the molecule is Fc1cccc(-c2cccc3cccc(-c4cccc(Nc5ccc6c(c5)sc5ccccc56)c4)c23)c1. The van der Waals surface area contributed by atoms with E-state index in [9.17, 15) is 4.39 Å². The second-order valence-electron chi connectivity index (χ2n) is 9.23. The van der Waals surface area contributed by atoms with Gasteiger partial charge < -0.3 is 5.32 Å². The van der Waals surface area contributed by atoms with Crippen LogP contribution in [0, 0.1) is 5.82 Å². The first-order valence-electron chi connectivity index (χ1n) is 12.3. The highest BCUT2D eigenvalue weighted by Crippen LogP contribution is 2.39. The molecule has 176 valence electrons. The maximum atomic E-state index is 14.1. The third kappa shape index (κ3) is 3.94. The van der Waals surface area contributed by atoms with Gasteiger partial charge in [0.05, 0.1) is 0 Å². The summed E-state index contributed by atoms with van der Waals surface area (Å²) in [7, 11) is 0. The van der Waals surface area contributed by atoms with Crippen LogP contribution < -0.4 is 5.32 Å². The topological polar surface area (TPSA) is 12.0 Å². The Morgan fingerprint density at radius 2 is 1.19 bits per heavy atom. The zero-order chi connectivity index (χ0) is 24.8. The monoisotopic (exact) mass is 495 g/mol. The van der Waals surface area contributed by atoms with Crippen molar-refractivity contribution in [2.24, 2.45) is 0 Å². The zero-order valence-corrected chi connectivity index (χ0v) is 20.7. The molecule has 1 nitrogen and oxygen atoms in total.